The number of rotatable bonds is 15. The van der Waals surface area contributed by atoms with Gasteiger partial charge in [-0.25, -0.2) is 0 Å². The molecule has 0 aliphatic heterocycles. The fraction of sp³-hybridized carbons (Fsp3) is 0.688. The molecule has 0 aromatic carbocycles. The Morgan fingerprint density at radius 1 is 1.17 bits per heavy atom. The van der Waals surface area contributed by atoms with Gasteiger partial charge < -0.3 is 31.9 Å². The first-order chi connectivity index (χ1) is 14.0. The Balaban J connectivity index is 4.58. The molecule has 0 rings (SSSR count). The second-order valence-electron chi connectivity index (χ2n) is 6.22. The number of carboxylic acids is 2. The van der Waals surface area contributed by atoms with Gasteiger partial charge in [-0.15, -0.1) is 0 Å². The highest BCUT2D eigenvalue weighted by molar-refractivity contribution is 8.23. The molecule has 1 unspecified atom stereocenters. The summed E-state index contributed by atoms with van der Waals surface area (Å²) in [6.45, 7) is -0.0421. The first-order valence-electron chi connectivity index (χ1n) is 9.00. The molecule has 0 fully saturated rings. The number of nitrogens with one attached hydrogen (secondary N) is 3. The van der Waals surface area contributed by atoms with Crippen molar-refractivity contribution in [3.05, 3.63) is 0 Å². The molecule has 7 N–H and O–H groups in total. The van der Waals surface area contributed by atoms with Gasteiger partial charge in [-0.2, -0.15) is 0 Å². The molecule has 30 heavy (non-hydrogen) atoms. The maximum atomic E-state index is 12.2. The van der Waals surface area contributed by atoms with Gasteiger partial charge in [0.05, 0.1) is 0 Å². The standard InChI is InChI=1S/C16H28N4O7S3/c1-30(27)7-3-2-6-18-16(28)29-9-11(14(24)19-8-13(22)23)20-12(21)5-4-10(17)15(25)26/h10-11H,2-9,17H2,1H3,(H,18,28)(H,19,24)(H,20,21)(H,22,23)(H,25,26)/t10-,11-,30?/m0/s1/i8+1,13+1,19+1. The normalized spacial score (nSPS) is 13.5. The van der Waals surface area contributed by atoms with Crippen molar-refractivity contribution in [3.8, 4) is 0 Å². The predicted molar refractivity (Wildman–Crippen MR) is 119 cm³/mol. The van der Waals surface area contributed by atoms with Crippen LogP contribution >= 0.6 is 24.0 Å². The lowest BCUT2D eigenvalue weighted by Gasteiger charge is -2.18. The Bertz CT molecular complexity index is 648. The highest BCUT2D eigenvalue weighted by atomic mass is 32.2. The number of carboxylic acid groups (broad SMARTS) is 2. The van der Waals surface area contributed by atoms with Crippen LogP contribution in [0.2, 0.25) is 0 Å². The van der Waals surface area contributed by atoms with E-state index in [1.165, 1.54) is 0 Å². The van der Waals surface area contributed by atoms with Crippen molar-refractivity contribution < 1.29 is 33.6 Å². The topological polar surface area (TPSA) is 188 Å². The Hall–Kier alpha value is -1.77. The molecule has 0 saturated carbocycles. The SMILES string of the molecule is CS(=O)CCCCNC(=S)SC[C@H](NC(=O)CC[C@H](N)C(=O)O)C(=O)[15NH][13CH2][13C](=O)O. The van der Waals surface area contributed by atoms with Crippen molar-refractivity contribution in [2.45, 2.75) is 37.8 Å². The van der Waals surface area contributed by atoms with Crippen LogP contribution in [0.3, 0.4) is 0 Å². The van der Waals surface area contributed by atoms with Crippen molar-refractivity contribution in [1.82, 2.24) is 16.0 Å². The third kappa shape index (κ3) is 15.1. The first-order valence-corrected chi connectivity index (χ1v) is 12.1. The minimum Gasteiger partial charge on any atom is -0.480 e. The van der Waals surface area contributed by atoms with Crippen LogP contribution in [0.5, 0.6) is 0 Å². The zero-order valence-electron chi connectivity index (χ0n) is 16.5. The molecular weight excluding hydrogens is 459 g/mol. The van der Waals surface area contributed by atoms with E-state index in [9.17, 15) is 23.4 Å². The van der Waals surface area contributed by atoms with Gasteiger partial charge in [0.15, 0.2) is 0 Å². The van der Waals surface area contributed by atoms with E-state index in [0.717, 1.165) is 24.6 Å². The molecular formula is C16H28N4O7S3. The number of carbonyl (C=O) groups is 4. The molecule has 0 heterocycles. The molecule has 0 bridgehead atoms. The van der Waals surface area contributed by atoms with Gasteiger partial charge in [-0.05, 0) is 19.3 Å². The summed E-state index contributed by atoms with van der Waals surface area (Å²) in [4.78, 5) is 45.6. The monoisotopic (exact) mass is 487 g/mol. The average molecular weight is 488 g/mol. The molecule has 0 aromatic heterocycles. The van der Waals surface area contributed by atoms with Gasteiger partial charge in [0, 0.05) is 41.5 Å². The maximum Gasteiger partial charge on any atom is 0.322 e. The highest BCUT2D eigenvalue weighted by Gasteiger charge is 2.23. The largest absolute Gasteiger partial charge is 0.480 e. The fourth-order valence-corrected chi connectivity index (χ4v) is 3.65. The number of nitrogens with two attached hydrogens (primary N) is 1. The molecule has 172 valence electrons. The van der Waals surface area contributed by atoms with Gasteiger partial charge in [0.2, 0.25) is 11.8 Å². The second-order valence-corrected chi connectivity index (χ2v) is 9.48. The molecule has 11 nitrogen and oxygen atoms in total. The Morgan fingerprint density at radius 3 is 2.40 bits per heavy atom. The Kier molecular flexibility index (Phi) is 15.0. The molecule has 0 spiro atoms. The molecule has 0 saturated heterocycles. The lowest BCUT2D eigenvalue weighted by molar-refractivity contribution is -0.139. The third-order valence-corrected chi connectivity index (χ3v) is 5.84. The quantitative estimate of drug-likeness (QED) is 0.0692. The Labute approximate surface area is 186 Å². The smallest absolute Gasteiger partial charge is 0.322 e. The van der Waals surface area contributed by atoms with E-state index in [1.54, 1.807) is 6.26 Å². The summed E-state index contributed by atoms with van der Waals surface area (Å²) in [6.07, 6.45) is 2.86. The third-order valence-electron chi connectivity index (χ3n) is 3.57. The minimum atomic E-state index is -1.24. The van der Waals surface area contributed by atoms with Crippen molar-refractivity contribution in [3.63, 3.8) is 0 Å². The number of hydrogen-bond donors (Lipinski definition) is 6. The Morgan fingerprint density at radius 2 is 1.83 bits per heavy atom. The molecule has 0 aliphatic carbocycles. The summed E-state index contributed by atoms with van der Waals surface area (Å²) < 4.78 is 11.4. The molecule has 0 aliphatic rings. The zero-order chi connectivity index (χ0) is 23.1. The fourth-order valence-electron chi connectivity index (χ4n) is 1.98. The van der Waals surface area contributed by atoms with Crippen LogP contribution in [0.1, 0.15) is 25.7 Å². The highest BCUT2D eigenvalue weighted by Crippen LogP contribution is 2.07. The van der Waals surface area contributed by atoms with Crippen LogP contribution in [-0.4, -0.2) is 85.4 Å². The number of thiocarbonyl (C=S) groups is 1. The van der Waals surface area contributed by atoms with Gasteiger partial charge in [-0.3, -0.25) is 23.4 Å². The number of thioether (sulfide) groups is 1. The van der Waals surface area contributed by atoms with E-state index < -0.39 is 53.2 Å². The second kappa shape index (κ2) is 16.0. The number of carbonyl (C=O) groups excluding carboxylic acids is 2. The van der Waals surface area contributed by atoms with E-state index in [0.29, 0.717) is 16.6 Å². The molecule has 14 heteroatoms. The first kappa shape index (κ1) is 28.2. The van der Waals surface area contributed by atoms with Crippen molar-refractivity contribution in [2.24, 2.45) is 5.73 Å². The summed E-state index contributed by atoms with van der Waals surface area (Å²) >= 11 is 6.27. The van der Waals surface area contributed by atoms with Crippen LogP contribution in [-0.2, 0) is 30.0 Å². The summed E-state index contributed by atoms with van der Waals surface area (Å²) in [7, 11) is -0.846. The van der Waals surface area contributed by atoms with E-state index in [-0.39, 0.29) is 18.6 Å². The number of aliphatic carboxylic acids is 2. The number of amides is 2. The van der Waals surface area contributed by atoms with Gasteiger partial charge in [0.25, 0.3) is 0 Å². The summed E-state index contributed by atoms with van der Waals surface area (Å²) in [5, 5.41) is 25.1. The van der Waals surface area contributed by atoms with E-state index in [1.807, 2.05) is 0 Å². The van der Waals surface area contributed by atoms with Crippen LogP contribution in [0.15, 0.2) is 0 Å². The van der Waals surface area contributed by atoms with Crippen molar-refractivity contribution in [2.75, 3.05) is 30.9 Å². The molecule has 0 radical (unpaired) electrons. The van der Waals surface area contributed by atoms with E-state index in [4.69, 9.17) is 28.2 Å². The van der Waals surface area contributed by atoms with Crippen molar-refractivity contribution >= 4 is 62.9 Å². The lowest BCUT2D eigenvalue weighted by Crippen LogP contribution is -2.49. The van der Waals surface area contributed by atoms with Gasteiger partial charge >= 0.3 is 11.9 Å². The zero-order valence-corrected chi connectivity index (χ0v) is 19.0. The van der Waals surface area contributed by atoms with Gasteiger partial charge in [-0.1, -0.05) is 24.0 Å². The van der Waals surface area contributed by atoms with Gasteiger partial charge in [0.1, 0.15) is 22.9 Å². The predicted octanol–water partition coefficient (Wildman–Crippen LogP) is -1.37. The maximum absolute atomic E-state index is 12.2. The summed E-state index contributed by atoms with van der Waals surface area (Å²) in [5.74, 6) is -3.12. The van der Waals surface area contributed by atoms with Crippen molar-refractivity contribution in [1.29, 1.82) is 0 Å². The number of unbranched alkanes of at least 4 members (excludes halogenated alkanes) is 1. The average Bonchev–Trinajstić information content (AvgIpc) is 2.66. The number of hydrogen-bond acceptors (Lipinski definition) is 8. The van der Waals surface area contributed by atoms with Crippen LogP contribution in [0, 0.1) is 0 Å². The van der Waals surface area contributed by atoms with E-state index in [2.05, 4.69) is 16.0 Å². The van der Waals surface area contributed by atoms with E-state index >= 15 is 0 Å². The van der Waals surface area contributed by atoms with Crippen LogP contribution < -0.4 is 21.7 Å². The summed E-state index contributed by atoms with van der Waals surface area (Å²) in [5.41, 5.74) is 5.35. The van der Waals surface area contributed by atoms with Crippen LogP contribution in [0.25, 0.3) is 0 Å². The molecule has 2 amide bonds. The lowest BCUT2D eigenvalue weighted by atomic mass is 10.1. The molecule has 0 aromatic rings. The van der Waals surface area contributed by atoms with Crippen LogP contribution in [0.4, 0.5) is 0 Å². The minimum absolute atomic E-state index is 0.0486. The summed E-state index contributed by atoms with van der Waals surface area (Å²) in [6, 6.07) is -2.27. The molecule has 3 atom stereocenters.